The molecule has 0 saturated heterocycles. The zero-order valence-corrected chi connectivity index (χ0v) is 12.8. The standard InChI is InChI=1S/C13H17BrN4O/c1-4-5-18-12(11(14)7-15-18)13(19)10-6-8(2)16-17-9(10)3/h6-7,13,19H,4-5H2,1-3H3. The summed E-state index contributed by atoms with van der Waals surface area (Å²) in [6.07, 6.45) is 1.92. The van der Waals surface area contributed by atoms with Crippen molar-refractivity contribution in [1.82, 2.24) is 20.0 Å². The molecule has 0 aliphatic rings. The van der Waals surface area contributed by atoms with Crippen molar-refractivity contribution < 1.29 is 5.11 Å². The van der Waals surface area contributed by atoms with E-state index in [4.69, 9.17) is 0 Å². The third-order valence-corrected chi connectivity index (χ3v) is 3.57. The van der Waals surface area contributed by atoms with Gasteiger partial charge in [-0.25, -0.2) is 0 Å². The third kappa shape index (κ3) is 2.84. The van der Waals surface area contributed by atoms with Crippen molar-refractivity contribution in [1.29, 1.82) is 0 Å². The van der Waals surface area contributed by atoms with Crippen LogP contribution in [0.4, 0.5) is 0 Å². The van der Waals surface area contributed by atoms with Crippen LogP contribution in [0, 0.1) is 13.8 Å². The lowest BCUT2D eigenvalue weighted by molar-refractivity contribution is 0.205. The van der Waals surface area contributed by atoms with Gasteiger partial charge < -0.3 is 5.11 Å². The summed E-state index contributed by atoms with van der Waals surface area (Å²) in [7, 11) is 0. The van der Waals surface area contributed by atoms with Crippen LogP contribution in [-0.4, -0.2) is 25.1 Å². The van der Waals surface area contributed by atoms with Gasteiger partial charge >= 0.3 is 0 Å². The van der Waals surface area contributed by atoms with E-state index in [1.807, 2.05) is 24.6 Å². The molecule has 102 valence electrons. The van der Waals surface area contributed by atoms with Crippen LogP contribution in [-0.2, 0) is 6.54 Å². The molecule has 0 fully saturated rings. The summed E-state index contributed by atoms with van der Waals surface area (Å²) >= 11 is 3.45. The molecule has 6 heteroatoms. The minimum absolute atomic E-state index is 0.731. The number of aromatic nitrogens is 4. The van der Waals surface area contributed by atoms with Crippen LogP contribution in [0.5, 0.6) is 0 Å². The van der Waals surface area contributed by atoms with Crippen molar-refractivity contribution in [3.63, 3.8) is 0 Å². The number of rotatable bonds is 4. The summed E-state index contributed by atoms with van der Waals surface area (Å²) in [5.74, 6) is 0. The maximum absolute atomic E-state index is 10.6. The third-order valence-electron chi connectivity index (χ3n) is 2.96. The minimum atomic E-state index is -0.752. The van der Waals surface area contributed by atoms with Crippen LogP contribution in [0.1, 0.15) is 42.1 Å². The number of aliphatic hydroxyl groups is 1. The first-order chi connectivity index (χ1) is 9.04. The van der Waals surface area contributed by atoms with Gasteiger partial charge in [0, 0.05) is 12.1 Å². The maximum atomic E-state index is 10.6. The van der Waals surface area contributed by atoms with Crippen LogP contribution < -0.4 is 0 Å². The van der Waals surface area contributed by atoms with Crippen LogP contribution in [0.3, 0.4) is 0 Å². The molecule has 0 aliphatic carbocycles. The van der Waals surface area contributed by atoms with Gasteiger partial charge in [0.15, 0.2) is 0 Å². The predicted molar refractivity (Wildman–Crippen MR) is 75.8 cm³/mol. The van der Waals surface area contributed by atoms with E-state index in [1.54, 1.807) is 6.20 Å². The fraction of sp³-hybridized carbons (Fsp3) is 0.462. The summed E-state index contributed by atoms with van der Waals surface area (Å²) < 4.78 is 2.63. The van der Waals surface area contributed by atoms with E-state index >= 15 is 0 Å². The van der Waals surface area contributed by atoms with E-state index in [0.29, 0.717) is 0 Å². The molecule has 1 unspecified atom stereocenters. The van der Waals surface area contributed by atoms with E-state index in [2.05, 4.69) is 38.1 Å². The molecule has 1 N–H and O–H groups in total. The fourth-order valence-corrected chi connectivity index (χ4v) is 2.54. The summed E-state index contributed by atoms with van der Waals surface area (Å²) in [5.41, 5.74) is 3.05. The Bertz CT molecular complexity index is 582. The van der Waals surface area contributed by atoms with E-state index in [1.165, 1.54) is 0 Å². The van der Waals surface area contributed by atoms with E-state index in [-0.39, 0.29) is 0 Å². The van der Waals surface area contributed by atoms with Crippen molar-refractivity contribution >= 4 is 15.9 Å². The number of nitrogens with zero attached hydrogens (tertiary/aromatic N) is 4. The van der Waals surface area contributed by atoms with Crippen molar-refractivity contribution in [2.45, 2.75) is 39.8 Å². The molecule has 0 spiro atoms. The molecule has 0 saturated carbocycles. The molecule has 2 heterocycles. The smallest absolute Gasteiger partial charge is 0.124 e. The Morgan fingerprint density at radius 2 is 2.11 bits per heavy atom. The highest BCUT2D eigenvalue weighted by atomic mass is 79.9. The topological polar surface area (TPSA) is 63.8 Å². The van der Waals surface area contributed by atoms with Gasteiger partial charge in [-0.2, -0.15) is 15.3 Å². The molecule has 19 heavy (non-hydrogen) atoms. The second kappa shape index (κ2) is 5.79. The molecule has 0 bridgehead atoms. The first-order valence-electron chi connectivity index (χ1n) is 6.24. The first kappa shape index (κ1) is 14.1. The van der Waals surface area contributed by atoms with Crippen LogP contribution in [0.25, 0.3) is 0 Å². The number of hydrogen-bond donors (Lipinski definition) is 1. The lowest BCUT2D eigenvalue weighted by Crippen LogP contribution is -2.13. The molecule has 2 aromatic heterocycles. The first-order valence-corrected chi connectivity index (χ1v) is 7.04. The normalized spacial score (nSPS) is 12.7. The predicted octanol–water partition coefficient (Wildman–Crippen LogP) is 2.54. The Morgan fingerprint density at radius 1 is 1.37 bits per heavy atom. The Kier molecular flexibility index (Phi) is 4.31. The minimum Gasteiger partial charge on any atom is -0.382 e. The molecule has 0 aliphatic heterocycles. The van der Waals surface area contributed by atoms with Crippen molar-refractivity contribution in [3.8, 4) is 0 Å². The van der Waals surface area contributed by atoms with E-state index in [9.17, 15) is 5.11 Å². The molecule has 0 radical (unpaired) electrons. The van der Waals surface area contributed by atoms with Gasteiger partial charge in [0.2, 0.25) is 0 Å². The Hall–Kier alpha value is -1.27. The zero-order chi connectivity index (χ0) is 14.0. The highest BCUT2D eigenvalue weighted by Gasteiger charge is 2.21. The quantitative estimate of drug-likeness (QED) is 0.938. The van der Waals surface area contributed by atoms with Crippen molar-refractivity contribution in [2.24, 2.45) is 0 Å². The van der Waals surface area contributed by atoms with Crippen molar-refractivity contribution in [3.05, 3.63) is 39.4 Å². The summed E-state index contributed by atoms with van der Waals surface area (Å²) in [6, 6.07) is 1.86. The van der Waals surface area contributed by atoms with Crippen LogP contribution >= 0.6 is 15.9 Å². The monoisotopic (exact) mass is 324 g/mol. The Labute approximate surface area is 120 Å². The second-order valence-corrected chi connectivity index (χ2v) is 5.38. The van der Waals surface area contributed by atoms with Gasteiger partial charge in [0.1, 0.15) is 6.10 Å². The summed E-state index contributed by atoms with van der Waals surface area (Å²) in [4.78, 5) is 0. The van der Waals surface area contributed by atoms with Crippen LogP contribution in [0.2, 0.25) is 0 Å². The molecule has 2 aromatic rings. The van der Waals surface area contributed by atoms with Crippen molar-refractivity contribution in [2.75, 3.05) is 0 Å². The highest BCUT2D eigenvalue weighted by Crippen LogP contribution is 2.29. The largest absolute Gasteiger partial charge is 0.382 e. The second-order valence-electron chi connectivity index (χ2n) is 4.53. The van der Waals surface area contributed by atoms with Gasteiger partial charge in [0.25, 0.3) is 0 Å². The highest BCUT2D eigenvalue weighted by molar-refractivity contribution is 9.10. The molecule has 5 nitrogen and oxygen atoms in total. The molecule has 2 rings (SSSR count). The molecular formula is C13H17BrN4O. The number of aryl methyl sites for hydroxylation is 3. The van der Waals surface area contributed by atoms with Gasteiger partial charge in [0.05, 0.1) is 27.8 Å². The van der Waals surface area contributed by atoms with Gasteiger partial charge in [-0.15, -0.1) is 0 Å². The van der Waals surface area contributed by atoms with E-state index in [0.717, 1.165) is 40.1 Å². The summed E-state index contributed by atoms with van der Waals surface area (Å²) in [6.45, 7) is 6.56. The lowest BCUT2D eigenvalue weighted by atomic mass is 10.1. The molecule has 0 aromatic carbocycles. The van der Waals surface area contributed by atoms with E-state index < -0.39 is 6.10 Å². The average Bonchev–Trinajstić information content (AvgIpc) is 2.73. The Balaban J connectivity index is 2.46. The van der Waals surface area contributed by atoms with Gasteiger partial charge in [-0.1, -0.05) is 6.92 Å². The number of aliphatic hydroxyl groups excluding tert-OH is 1. The fourth-order valence-electron chi connectivity index (χ4n) is 2.03. The summed E-state index contributed by atoms with van der Waals surface area (Å²) in [5, 5.41) is 22.9. The maximum Gasteiger partial charge on any atom is 0.124 e. The molecule has 1 atom stereocenters. The number of hydrogen-bond acceptors (Lipinski definition) is 4. The van der Waals surface area contributed by atoms with Gasteiger partial charge in [-0.05, 0) is 42.3 Å². The SMILES string of the molecule is CCCn1ncc(Br)c1C(O)c1cc(C)nnc1C. The number of halogens is 1. The molecular weight excluding hydrogens is 308 g/mol. The average molecular weight is 325 g/mol. The zero-order valence-electron chi connectivity index (χ0n) is 11.3. The molecule has 0 amide bonds. The van der Waals surface area contributed by atoms with Crippen LogP contribution in [0.15, 0.2) is 16.7 Å². The lowest BCUT2D eigenvalue weighted by Gasteiger charge is -2.16. The van der Waals surface area contributed by atoms with Gasteiger partial charge in [-0.3, -0.25) is 4.68 Å². The Morgan fingerprint density at radius 3 is 2.79 bits per heavy atom.